The number of ether oxygens (including phenoxy) is 2. The van der Waals surface area contributed by atoms with E-state index in [9.17, 15) is 29.1 Å². The summed E-state index contributed by atoms with van der Waals surface area (Å²) >= 11 is 0. The van der Waals surface area contributed by atoms with Gasteiger partial charge < -0.3 is 25.2 Å². The average Bonchev–Trinajstić information content (AvgIpc) is 3.06. The molecule has 0 aromatic heterocycles. The summed E-state index contributed by atoms with van der Waals surface area (Å²) in [6.45, 7) is 7.22. The first kappa shape index (κ1) is 39.0. The van der Waals surface area contributed by atoms with Gasteiger partial charge in [-0.3, -0.25) is 19.2 Å². The number of aliphatic hydroxyl groups excluding tert-OH is 1. The molecule has 10 nitrogen and oxygen atoms in total. The van der Waals surface area contributed by atoms with Crippen LogP contribution in [0.25, 0.3) is 0 Å². The molecule has 0 aliphatic heterocycles. The largest absolute Gasteiger partial charge is 0.460 e. The van der Waals surface area contributed by atoms with Crippen molar-refractivity contribution in [2.45, 2.75) is 97.3 Å². The van der Waals surface area contributed by atoms with Crippen LogP contribution in [-0.4, -0.2) is 66.4 Å². The van der Waals surface area contributed by atoms with Crippen LogP contribution in [0.4, 0.5) is 0 Å². The van der Waals surface area contributed by atoms with Crippen LogP contribution in [0, 0.1) is 5.92 Å². The van der Waals surface area contributed by atoms with Gasteiger partial charge in [0.2, 0.25) is 17.6 Å². The Morgan fingerprint density at radius 2 is 1.81 bits per heavy atom. The van der Waals surface area contributed by atoms with E-state index in [4.69, 9.17) is 9.47 Å². The van der Waals surface area contributed by atoms with Crippen LogP contribution < -0.4 is 10.6 Å². The normalized spacial score (nSPS) is 18.4. The molecule has 10 heteroatoms. The second-order valence-electron chi connectivity index (χ2n) is 11.8. The van der Waals surface area contributed by atoms with E-state index in [2.05, 4.69) is 10.6 Å². The fourth-order valence-electron chi connectivity index (χ4n) is 5.08. The van der Waals surface area contributed by atoms with E-state index in [0.717, 1.165) is 25.3 Å². The molecule has 0 aromatic rings. The molecular formula is C37H50N2O8. The first-order valence-electron chi connectivity index (χ1n) is 16.3. The highest BCUT2D eigenvalue weighted by Gasteiger charge is 2.30. The number of Topliss-reactive ketones (excluding diaryl/α,β-unsaturated/α-hetero) is 1. The summed E-state index contributed by atoms with van der Waals surface area (Å²) in [5.74, 6) is -2.63. The summed E-state index contributed by atoms with van der Waals surface area (Å²) in [5.41, 5.74) is 1.48. The standard InChI is InChI=1S/C37H50N2O8/c1-6-7-8-9-10-14-20-32(47-37(45)27(4)38-36(44)28-17-12-11-13-18-28)26(3)34(42)25(2)16-15-19-29-23-30(40)24-31(35(29)43)39-33(41)21-22-46-5/h6-10,14,16-17,23-24,26-27,32,34,42H,11-13,15,18-22H2,1-5H3,(H,38,44)(H,39,41)/b7-6+,9-8+,14-10+,25-16-. The van der Waals surface area contributed by atoms with Crippen molar-refractivity contribution >= 4 is 29.4 Å². The van der Waals surface area contributed by atoms with Crippen molar-refractivity contribution in [1.29, 1.82) is 0 Å². The lowest BCUT2D eigenvalue weighted by Crippen LogP contribution is -2.43. The number of methoxy groups -OCH3 is 1. The quantitative estimate of drug-likeness (QED) is 0.0828. The molecule has 0 aromatic carbocycles. The Labute approximate surface area is 278 Å². The molecule has 2 aliphatic rings. The predicted molar refractivity (Wildman–Crippen MR) is 181 cm³/mol. The van der Waals surface area contributed by atoms with Gasteiger partial charge >= 0.3 is 5.97 Å². The number of amides is 2. The highest BCUT2D eigenvalue weighted by atomic mass is 16.5. The van der Waals surface area contributed by atoms with Crippen molar-refractivity contribution in [3.8, 4) is 0 Å². The first-order valence-corrected chi connectivity index (χ1v) is 16.3. The van der Waals surface area contributed by atoms with Crippen LogP contribution >= 0.6 is 0 Å². The van der Waals surface area contributed by atoms with Gasteiger partial charge in [0.15, 0.2) is 5.78 Å². The topological polar surface area (TPSA) is 148 Å². The van der Waals surface area contributed by atoms with Gasteiger partial charge in [0.05, 0.1) is 24.8 Å². The predicted octanol–water partition coefficient (Wildman–Crippen LogP) is 4.82. The van der Waals surface area contributed by atoms with Crippen LogP contribution in [0.1, 0.15) is 79.1 Å². The maximum atomic E-state index is 13.1. The zero-order chi connectivity index (χ0) is 34.8. The Hall–Kier alpha value is -4.15. The number of hydrogen-bond donors (Lipinski definition) is 3. The lowest BCUT2D eigenvalue weighted by Gasteiger charge is -2.29. The van der Waals surface area contributed by atoms with Crippen molar-refractivity contribution < 1.29 is 38.6 Å². The van der Waals surface area contributed by atoms with E-state index in [1.165, 1.54) is 13.2 Å². The van der Waals surface area contributed by atoms with Crippen molar-refractivity contribution in [1.82, 2.24) is 10.6 Å². The summed E-state index contributed by atoms with van der Waals surface area (Å²) in [7, 11) is 1.46. The SMILES string of the molecule is C/C=C/C=C/C=C/CC(OC(=O)C(C)NC(=O)C1=CCCCC1)C(C)C(O)/C(C)=C\CCC1=CC(=O)C=C(NC(=O)CCOC)C1=O. The molecule has 3 N–H and O–H groups in total. The highest BCUT2D eigenvalue weighted by Crippen LogP contribution is 2.24. The maximum Gasteiger partial charge on any atom is 0.328 e. The Morgan fingerprint density at radius 1 is 1.06 bits per heavy atom. The molecule has 47 heavy (non-hydrogen) atoms. The second-order valence-corrected chi connectivity index (χ2v) is 11.8. The molecule has 2 rings (SSSR count). The third-order valence-corrected chi connectivity index (χ3v) is 7.96. The van der Waals surface area contributed by atoms with E-state index in [0.29, 0.717) is 30.4 Å². The lowest BCUT2D eigenvalue weighted by atomic mass is 9.90. The van der Waals surface area contributed by atoms with Gasteiger partial charge in [-0.15, -0.1) is 0 Å². The van der Waals surface area contributed by atoms with E-state index in [-0.39, 0.29) is 36.6 Å². The number of allylic oxidation sites excluding steroid dienone is 10. The van der Waals surface area contributed by atoms with Crippen molar-refractivity contribution in [3.05, 3.63) is 83.2 Å². The van der Waals surface area contributed by atoms with Crippen LogP contribution in [0.2, 0.25) is 0 Å². The van der Waals surface area contributed by atoms with E-state index >= 15 is 0 Å². The Morgan fingerprint density at radius 3 is 2.49 bits per heavy atom. The number of esters is 1. The number of nitrogens with one attached hydrogen (secondary N) is 2. The van der Waals surface area contributed by atoms with E-state index < -0.39 is 47.6 Å². The molecule has 0 saturated carbocycles. The van der Waals surface area contributed by atoms with Gasteiger partial charge in [-0.1, -0.05) is 55.5 Å². The zero-order valence-electron chi connectivity index (χ0n) is 28.3. The van der Waals surface area contributed by atoms with Crippen molar-refractivity contribution in [2.24, 2.45) is 5.92 Å². The average molecular weight is 651 g/mol. The van der Waals surface area contributed by atoms with Gasteiger partial charge in [0, 0.05) is 36.7 Å². The molecule has 0 spiro atoms. The zero-order valence-corrected chi connectivity index (χ0v) is 28.3. The summed E-state index contributed by atoms with van der Waals surface area (Å²) < 4.78 is 10.7. The number of ketones is 2. The molecule has 0 heterocycles. The molecule has 0 fully saturated rings. The van der Waals surface area contributed by atoms with Gasteiger partial charge in [0.25, 0.3) is 0 Å². The molecular weight excluding hydrogens is 600 g/mol. The molecule has 2 aliphatic carbocycles. The van der Waals surface area contributed by atoms with Gasteiger partial charge in [-0.25, -0.2) is 4.79 Å². The number of rotatable bonds is 18. The Bertz CT molecular complexity index is 1350. The third-order valence-electron chi connectivity index (χ3n) is 7.96. The molecule has 256 valence electrons. The fourth-order valence-corrected chi connectivity index (χ4v) is 5.08. The Balaban J connectivity index is 2.07. The van der Waals surface area contributed by atoms with Gasteiger partial charge in [0.1, 0.15) is 12.1 Å². The van der Waals surface area contributed by atoms with E-state index in [1.54, 1.807) is 26.8 Å². The summed E-state index contributed by atoms with van der Waals surface area (Å²) in [4.78, 5) is 62.9. The van der Waals surface area contributed by atoms with Gasteiger partial charge in [-0.2, -0.15) is 0 Å². The molecule has 0 radical (unpaired) electrons. The Kier molecular flexibility index (Phi) is 17.3. The highest BCUT2D eigenvalue weighted by molar-refractivity contribution is 6.21. The minimum atomic E-state index is -0.981. The van der Waals surface area contributed by atoms with Gasteiger partial charge in [-0.05, 0) is 70.9 Å². The van der Waals surface area contributed by atoms with Crippen LogP contribution in [0.3, 0.4) is 0 Å². The molecule has 0 saturated heterocycles. The molecule has 4 unspecified atom stereocenters. The lowest BCUT2D eigenvalue weighted by molar-refractivity contribution is -0.156. The second kappa shape index (κ2) is 20.9. The number of hydrogen-bond acceptors (Lipinski definition) is 8. The fraction of sp³-hybridized carbons (Fsp3) is 0.486. The molecule has 2 amide bonds. The van der Waals surface area contributed by atoms with Crippen LogP contribution in [-0.2, 0) is 33.4 Å². The van der Waals surface area contributed by atoms with E-state index in [1.807, 2.05) is 49.5 Å². The number of aliphatic hydroxyl groups is 1. The third kappa shape index (κ3) is 13.6. The number of carbonyl (C=O) groups is 5. The summed E-state index contributed by atoms with van der Waals surface area (Å²) in [6.07, 6.45) is 20.0. The monoisotopic (exact) mass is 650 g/mol. The smallest absolute Gasteiger partial charge is 0.328 e. The minimum absolute atomic E-state index is 0.0528. The van der Waals surface area contributed by atoms with Crippen molar-refractivity contribution in [2.75, 3.05) is 13.7 Å². The summed E-state index contributed by atoms with van der Waals surface area (Å²) in [6, 6.07) is -0.875. The van der Waals surface area contributed by atoms with Crippen LogP contribution in [0.5, 0.6) is 0 Å². The van der Waals surface area contributed by atoms with Crippen LogP contribution in [0.15, 0.2) is 83.2 Å². The minimum Gasteiger partial charge on any atom is -0.460 e. The molecule has 4 atom stereocenters. The van der Waals surface area contributed by atoms with Crippen molar-refractivity contribution in [3.63, 3.8) is 0 Å². The number of carbonyl (C=O) groups excluding carboxylic acids is 5. The first-order chi connectivity index (χ1) is 22.5. The maximum absolute atomic E-state index is 13.1. The molecule has 0 bridgehead atoms. The summed E-state index contributed by atoms with van der Waals surface area (Å²) in [5, 5.41) is 16.5.